The maximum Gasteiger partial charge on any atom is 0.345 e. The Morgan fingerprint density at radius 2 is 1.39 bits per heavy atom. The number of ether oxygens (including phenoxy) is 3. The van der Waals surface area contributed by atoms with Crippen LogP contribution in [0.3, 0.4) is 0 Å². The van der Waals surface area contributed by atoms with E-state index in [1.165, 1.54) is 12.1 Å². The van der Waals surface area contributed by atoms with Crippen LogP contribution in [-0.4, -0.2) is 25.7 Å². The summed E-state index contributed by atoms with van der Waals surface area (Å²) in [5.41, 5.74) is -0.118. The van der Waals surface area contributed by atoms with Gasteiger partial charge in [0.25, 0.3) is 0 Å². The molecule has 0 aromatic heterocycles. The molecule has 38 heavy (non-hydrogen) atoms. The third-order valence-electron chi connectivity index (χ3n) is 5.81. The van der Waals surface area contributed by atoms with Crippen LogP contribution in [0.2, 0.25) is 0 Å². The lowest BCUT2D eigenvalue weighted by Crippen LogP contribution is -2.28. The zero-order valence-corrected chi connectivity index (χ0v) is 22.2. The van der Waals surface area contributed by atoms with Gasteiger partial charge in [-0.25, -0.2) is 14.0 Å². The summed E-state index contributed by atoms with van der Waals surface area (Å²) in [7, 11) is 1.04. The van der Waals surface area contributed by atoms with Crippen LogP contribution in [0.25, 0.3) is 0 Å². The maximum absolute atomic E-state index is 13.3. The van der Waals surface area contributed by atoms with E-state index in [1.54, 1.807) is 51.3 Å². The number of carbonyl (C=O) groups is 2. The zero-order chi connectivity index (χ0) is 27.1. The lowest BCUT2D eigenvalue weighted by atomic mass is 9.98. The van der Waals surface area contributed by atoms with Crippen LogP contribution in [0, 0.1) is 5.82 Å². The summed E-state index contributed by atoms with van der Waals surface area (Å²) in [5, 5.41) is 0. The second-order valence-electron chi connectivity index (χ2n) is 8.87. The molecule has 7 heteroatoms. The van der Waals surface area contributed by atoms with Crippen molar-refractivity contribution in [1.82, 2.24) is 0 Å². The van der Waals surface area contributed by atoms with E-state index in [4.69, 9.17) is 14.2 Å². The second kappa shape index (κ2) is 12.0. The standard InChI is InChI=1S/C31H28FO5S/c1-31(2,23-15-17-24(32)18-16-23)37-29(33)21-36-30(34)22-14-19-27(35-3)28(20-22)38(25-10-6-4-7-11-25)26-12-8-5-9-13-26/h4-20H,21H2,1-3H3/q+1. The van der Waals surface area contributed by atoms with Gasteiger partial charge in [0.1, 0.15) is 22.3 Å². The molecule has 0 fully saturated rings. The minimum absolute atomic E-state index is 0.288. The van der Waals surface area contributed by atoms with Gasteiger partial charge in [0.15, 0.2) is 22.1 Å². The van der Waals surface area contributed by atoms with Crippen molar-refractivity contribution in [2.75, 3.05) is 13.7 Å². The molecular weight excluding hydrogens is 503 g/mol. The number of esters is 2. The van der Waals surface area contributed by atoms with E-state index in [0.717, 1.165) is 14.7 Å². The third kappa shape index (κ3) is 6.42. The Kier molecular flexibility index (Phi) is 8.48. The molecule has 4 aromatic rings. The quantitative estimate of drug-likeness (QED) is 0.181. The van der Waals surface area contributed by atoms with E-state index in [9.17, 15) is 14.0 Å². The molecule has 194 valence electrons. The minimum atomic E-state index is -1.02. The molecule has 0 aliphatic heterocycles. The number of hydrogen-bond donors (Lipinski definition) is 0. The summed E-state index contributed by atoms with van der Waals surface area (Å²) < 4.78 is 29.7. The van der Waals surface area contributed by atoms with Crippen LogP contribution in [0.1, 0.15) is 29.8 Å². The molecule has 0 radical (unpaired) electrons. The Morgan fingerprint density at radius 1 is 0.816 bits per heavy atom. The largest absolute Gasteiger partial charge is 0.491 e. The van der Waals surface area contributed by atoms with Crippen LogP contribution in [-0.2, 0) is 30.8 Å². The smallest absolute Gasteiger partial charge is 0.345 e. The van der Waals surface area contributed by atoms with Gasteiger partial charge in [0.2, 0.25) is 4.90 Å². The Hall–Kier alpha value is -4.10. The number of methoxy groups -OCH3 is 1. The highest BCUT2D eigenvalue weighted by molar-refractivity contribution is 7.97. The Bertz CT molecular complexity index is 1350. The Morgan fingerprint density at radius 3 is 1.95 bits per heavy atom. The van der Waals surface area contributed by atoms with Gasteiger partial charge in [0.05, 0.1) is 12.7 Å². The van der Waals surface area contributed by atoms with Gasteiger partial charge in [0, 0.05) is 6.07 Å². The molecule has 0 amide bonds. The normalized spacial score (nSPS) is 11.2. The summed E-state index contributed by atoms with van der Waals surface area (Å²) in [5.74, 6) is -1.12. The van der Waals surface area contributed by atoms with Gasteiger partial charge in [-0.15, -0.1) is 0 Å². The van der Waals surface area contributed by atoms with Crippen molar-refractivity contribution in [2.45, 2.75) is 34.1 Å². The predicted molar refractivity (Wildman–Crippen MR) is 144 cm³/mol. The van der Waals surface area contributed by atoms with Gasteiger partial charge in [-0.3, -0.25) is 0 Å². The van der Waals surface area contributed by atoms with Crippen molar-refractivity contribution in [3.8, 4) is 5.75 Å². The average molecular weight is 532 g/mol. The first-order chi connectivity index (χ1) is 18.3. The first-order valence-electron chi connectivity index (χ1n) is 12.0. The summed E-state index contributed by atoms with van der Waals surface area (Å²) >= 11 is 0. The molecule has 0 aliphatic carbocycles. The predicted octanol–water partition coefficient (Wildman–Crippen LogP) is 6.57. The molecular formula is C31H28FO5S+. The average Bonchev–Trinajstić information content (AvgIpc) is 2.93. The molecule has 4 aromatic carbocycles. The molecule has 0 atom stereocenters. The summed E-state index contributed by atoms with van der Waals surface area (Å²) in [6, 6.07) is 30.7. The van der Waals surface area contributed by atoms with Crippen molar-refractivity contribution in [3.63, 3.8) is 0 Å². The lowest BCUT2D eigenvalue weighted by molar-refractivity contribution is -0.161. The van der Waals surface area contributed by atoms with Crippen molar-refractivity contribution in [2.24, 2.45) is 0 Å². The number of hydrogen-bond acceptors (Lipinski definition) is 5. The molecule has 0 heterocycles. The number of benzene rings is 4. The molecule has 0 unspecified atom stereocenters. The monoisotopic (exact) mass is 531 g/mol. The van der Waals surface area contributed by atoms with E-state index < -0.39 is 35.0 Å². The molecule has 0 spiro atoms. The Labute approximate surface area is 224 Å². The highest BCUT2D eigenvalue weighted by atomic mass is 32.2. The summed E-state index contributed by atoms with van der Waals surface area (Å²) in [6.45, 7) is 2.81. The van der Waals surface area contributed by atoms with Crippen LogP contribution in [0.15, 0.2) is 118 Å². The van der Waals surface area contributed by atoms with Crippen molar-refractivity contribution >= 4 is 22.8 Å². The fourth-order valence-electron chi connectivity index (χ4n) is 3.90. The second-order valence-corrected chi connectivity index (χ2v) is 10.9. The third-order valence-corrected chi connectivity index (χ3v) is 8.05. The van der Waals surface area contributed by atoms with Gasteiger partial charge in [-0.1, -0.05) is 48.5 Å². The van der Waals surface area contributed by atoms with Gasteiger partial charge >= 0.3 is 11.9 Å². The van der Waals surface area contributed by atoms with Crippen molar-refractivity contribution < 1.29 is 28.2 Å². The van der Waals surface area contributed by atoms with E-state index in [2.05, 4.69) is 0 Å². The Balaban J connectivity index is 1.54. The molecule has 0 saturated carbocycles. The van der Waals surface area contributed by atoms with Crippen LogP contribution in [0.5, 0.6) is 5.75 Å². The molecule has 0 saturated heterocycles. The zero-order valence-electron chi connectivity index (χ0n) is 21.3. The molecule has 4 rings (SSSR count). The lowest BCUT2D eigenvalue weighted by Gasteiger charge is -2.25. The highest BCUT2D eigenvalue weighted by Gasteiger charge is 2.33. The van der Waals surface area contributed by atoms with E-state index >= 15 is 0 Å². The first-order valence-corrected chi connectivity index (χ1v) is 13.2. The molecule has 0 aliphatic rings. The highest BCUT2D eigenvalue weighted by Crippen LogP contribution is 2.37. The number of rotatable bonds is 9. The minimum Gasteiger partial charge on any atom is -0.491 e. The molecule has 0 N–H and O–H groups in total. The van der Waals surface area contributed by atoms with Gasteiger partial charge in [-0.05, 0) is 67.9 Å². The summed E-state index contributed by atoms with van der Waals surface area (Å²) in [6.07, 6.45) is 0. The molecule has 0 bridgehead atoms. The van der Waals surface area contributed by atoms with Gasteiger partial charge in [-0.2, -0.15) is 0 Å². The number of carbonyl (C=O) groups excluding carboxylic acids is 2. The fourth-order valence-corrected chi connectivity index (χ4v) is 6.13. The topological polar surface area (TPSA) is 61.8 Å². The van der Waals surface area contributed by atoms with Crippen molar-refractivity contribution in [1.29, 1.82) is 0 Å². The SMILES string of the molecule is COc1ccc(C(=O)OCC(=O)OC(C)(C)c2ccc(F)cc2)cc1[S+](c1ccccc1)c1ccccc1. The van der Waals surface area contributed by atoms with E-state index in [0.29, 0.717) is 11.3 Å². The van der Waals surface area contributed by atoms with Crippen LogP contribution >= 0.6 is 0 Å². The van der Waals surface area contributed by atoms with Crippen molar-refractivity contribution in [3.05, 3.63) is 120 Å². The first kappa shape index (κ1) is 26.9. The fraction of sp³-hybridized carbons (Fsp3) is 0.161. The van der Waals surface area contributed by atoms with Gasteiger partial charge < -0.3 is 14.2 Å². The van der Waals surface area contributed by atoms with E-state index in [1.807, 2.05) is 60.7 Å². The summed E-state index contributed by atoms with van der Waals surface area (Å²) in [4.78, 5) is 28.4. The van der Waals surface area contributed by atoms with E-state index in [-0.39, 0.29) is 11.4 Å². The van der Waals surface area contributed by atoms with Crippen LogP contribution < -0.4 is 4.74 Å². The van der Waals surface area contributed by atoms with Crippen LogP contribution in [0.4, 0.5) is 4.39 Å². The number of halogens is 1. The maximum atomic E-state index is 13.3. The molecule has 5 nitrogen and oxygen atoms in total.